The molecule has 3 saturated heterocycles. The first-order valence-electron chi connectivity index (χ1n) is 15.6. The van der Waals surface area contributed by atoms with Crippen LogP contribution in [0.15, 0.2) is 25.3 Å². The normalized spacial score (nSPS) is 29.0. The Bertz CT molecular complexity index is 987. The minimum absolute atomic E-state index is 0.0310. The molecule has 5 atom stereocenters. The lowest BCUT2D eigenvalue weighted by molar-refractivity contribution is -0.163. The molecule has 0 saturated carbocycles. The molecule has 2 bridgehead atoms. The van der Waals surface area contributed by atoms with E-state index in [1.54, 1.807) is 17.1 Å². The molecule has 41 heavy (non-hydrogen) atoms. The van der Waals surface area contributed by atoms with Gasteiger partial charge in [-0.15, -0.1) is 13.2 Å². The predicted molar refractivity (Wildman–Crippen MR) is 160 cm³/mol. The number of fused-ring (bicyclic) bond motifs is 1. The third kappa shape index (κ3) is 6.43. The quantitative estimate of drug-likeness (QED) is 0.158. The Hall–Kier alpha value is -2.19. The number of amides is 2. The summed E-state index contributed by atoms with van der Waals surface area (Å²) in [7, 11) is 0. The lowest BCUT2D eigenvalue weighted by Crippen LogP contribution is -2.61. The van der Waals surface area contributed by atoms with Gasteiger partial charge in [0.1, 0.15) is 17.6 Å². The molecule has 8 heteroatoms. The van der Waals surface area contributed by atoms with Crippen molar-refractivity contribution in [3.8, 4) is 0 Å². The van der Waals surface area contributed by atoms with Crippen LogP contribution in [0.3, 0.4) is 0 Å². The van der Waals surface area contributed by atoms with Crippen molar-refractivity contribution in [1.82, 2.24) is 9.80 Å². The average Bonchev–Trinajstić information content (AvgIpc) is 3.49. The summed E-state index contributed by atoms with van der Waals surface area (Å²) >= 11 is 0. The van der Waals surface area contributed by atoms with Crippen molar-refractivity contribution in [3.63, 3.8) is 0 Å². The average molecular weight is 575 g/mol. The summed E-state index contributed by atoms with van der Waals surface area (Å²) in [6.45, 7) is 21.4. The lowest BCUT2D eigenvalue weighted by atomic mass is 9.65. The van der Waals surface area contributed by atoms with Crippen LogP contribution in [0, 0.1) is 17.3 Å². The van der Waals surface area contributed by atoms with Crippen LogP contribution in [0.2, 0.25) is 0 Å². The highest BCUT2D eigenvalue weighted by Gasteiger charge is 2.79. The number of carbonyl (C=O) groups excluding carboxylic acids is 3. The number of rotatable bonds is 16. The van der Waals surface area contributed by atoms with E-state index in [9.17, 15) is 19.5 Å². The molecule has 0 aromatic heterocycles. The molecule has 3 rings (SSSR count). The SMILES string of the molecule is C=CCCOC(=O)[C@@H]1[C@H]2C(=O)N(CCCCCCO)C(C(=O)N(CC=C)C(C)(C)CC(C)(C)C)C23CC[C@@]1(CC)O3. The molecule has 232 valence electrons. The van der Waals surface area contributed by atoms with Crippen LogP contribution in [-0.4, -0.2) is 81.8 Å². The van der Waals surface area contributed by atoms with Gasteiger partial charge in [0.2, 0.25) is 11.8 Å². The Morgan fingerprint density at radius 3 is 2.39 bits per heavy atom. The fourth-order valence-corrected chi connectivity index (χ4v) is 7.98. The highest BCUT2D eigenvalue weighted by Crippen LogP contribution is 2.64. The van der Waals surface area contributed by atoms with Crippen LogP contribution >= 0.6 is 0 Å². The van der Waals surface area contributed by atoms with Gasteiger partial charge in [-0.3, -0.25) is 14.4 Å². The van der Waals surface area contributed by atoms with Crippen LogP contribution in [0.1, 0.15) is 99.3 Å². The number of aliphatic hydroxyl groups excluding tert-OH is 1. The molecule has 0 aliphatic carbocycles. The topological polar surface area (TPSA) is 96.4 Å². The fraction of sp³-hybridized carbons (Fsp3) is 0.788. The summed E-state index contributed by atoms with van der Waals surface area (Å²) < 4.78 is 12.5. The Labute approximate surface area is 247 Å². The van der Waals surface area contributed by atoms with Gasteiger partial charge in [0.05, 0.1) is 18.1 Å². The molecule has 0 radical (unpaired) electrons. The zero-order chi connectivity index (χ0) is 30.6. The van der Waals surface area contributed by atoms with E-state index in [0.29, 0.717) is 51.6 Å². The van der Waals surface area contributed by atoms with E-state index < -0.39 is 40.6 Å². The van der Waals surface area contributed by atoms with E-state index in [4.69, 9.17) is 9.47 Å². The van der Waals surface area contributed by atoms with Gasteiger partial charge in [-0.05, 0) is 64.2 Å². The Morgan fingerprint density at radius 2 is 1.80 bits per heavy atom. The predicted octanol–water partition coefficient (Wildman–Crippen LogP) is 5.04. The van der Waals surface area contributed by atoms with E-state index in [2.05, 4.69) is 47.8 Å². The first kappa shape index (κ1) is 33.3. The van der Waals surface area contributed by atoms with Crippen molar-refractivity contribution in [1.29, 1.82) is 0 Å². The minimum atomic E-state index is -1.07. The van der Waals surface area contributed by atoms with E-state index in [1.165, 1.54) is 0 Å². The van der Waals surface area contributed by atoms with Crippen molar-refractivity contribution in [3.05, 3.63) is 25.3 Å². The number of hydrogen-bond acceptors (Lipinski definition) is 6. The summed E-state index contributed by atoms with van der Waals surface area (Å²) in [4.78, 5) is 46.3. The van der Waals surface area contributed by atoms with Crippen LogP contribution in [0.5, 0.6) is 0 Å². The maximum absolute atomic E-state index is 14.8. The second-order valence-electron chi connectivity index (χ2n) is 14.0. The van der Waals surface area contributed by atoms with Crippen molar-refractivity contribution in [2.24, 2.45) is 17.3 Å². The first-order chi connectivity index (χ1) is 19.2. The van der Waals surface area contributed by atoms with Gasteiger partial charge in [-0.1, -0.05) is 52.7 Å². The Kier molecular flexibility index (Phi) is 10.6. The molecule has 1 spiro atoms. The molecule has 8 nitrogen and oxygen atoms in total. The van der Waals surface area contributed by atoms with E-state index in [0.717, 1.165) is 19.3 Å². The monoisotopic (exact) mass is 574 g/mol. The number of aliphatic hydroxyl groups is 1. The molecule has 0 aromatic carbocycles. The first-order valence-corrected chi connectivity index (χ1v) is 15.6. The molecule has 3 fully saturated rings. The summed E-state index contributed by atoms with van der Waals surface area (Å²) in [5.41, 5.74) is -2.43. The Morgan fingerprint density at radius 1 is 1.12 bits per heavy atom. The van der Waals surface area contributed by atoms with Crippen LogP contribution in [0.25, 0.3) is 0 Å². The van der Waals surface area contributed by atoms with Crippen LogP contribution in [-0.2, 0) is 23.9 Å². The molecule has 0 aromatic rings. The van der Waals surface area contributed by atoms with E-state index >= 15 is 0 Å². The van der Waals surface area contributed by atoms with Gasteiger partial charge < -0.3 is 24.4 Å². The minimum Gasteiger partial charge on any atom is -0.465 e. The molecule has 2 unspecified atom stereocenters. The number of hydrogen-bond donors (Lipinski definition) is 1. The zero-order valence-corrected chi connectivity index (χ0v) is 26.4. The van der Waals surface area contributed by atoms with E-state index in [-0.39, 0.29) is 30.4 Å². The largest absolute Gasteiger partial charge is 0.465 e. The van der Waals surface area contributed by atoms with Gasteiger partial charge >= 0.3 is 5.97 Å². The maximum atomic E-state index is 14.8. The summed E-state index contributed by atoms with van der Waals surface area (Å²) in [5.74, 6) is -2.24. The summed E-state index contributed by atoms with van der Waals surface area (Å²) in [5, 5.41) is 9.20. The van der Waals surface area contributed by atoms with Gasteiger partial charge in [-0.25, -0.2) is 0 Å². The van der Waals surface area contributed by atoms with Gasteiger partial charge in [-0.2, -0.15) is 0 Å². The van der Waals surface area contributed by atoms with Gasteiger partial charge in [0.15, 0.2) is 0 Å². The second kappa shape index (κ2) is 13.0. The van der Waals surface area contributed by atoms with Gasteiger partial charge in [0.25, 0.3) is 0 Å². The van der Waals surface area contributed by atoms with Crippen molar-refractivity contribution in [2.75, 3.05) is 26.3 Å². The molecule has 3 aliphatic rings. The smallest absolute Gasteiger partial charge is 0.312 e. The third-order valence-electron chi connectivity index (χ3n) is 9.31. The van der Waals surface area contributed by atoms with Crippen molar-refractivity contribution < 1.29 is 29.0 Å². The standard InChI is InChI=1S/C33H54N2O6/c1-9-12-22-40-29(39)25-24-27(37)34(20-15-13-14-16-21-36)26(33(24)18-17-32(25,11-3)41-33)28(38)35(19-10-2)31(7,8)23-30(4,5)6/h9-10,24-26,36H,1-2,11-23H2,3-8H3/t24-,25-,26?,32+,33?/m0/s1. The number of nitrogens with zero attached hydrogens (tertiary/aromatic N) is 2. The molecule has 1 N–H and O–H groups in total. The molecule has 2 amide bonds. The maximum Gasteiger partial charge on any atom is 0.312 e. The van der Waals surface area contributed by atoms with Crippen molar-refractivity contribution >= 4 is 17.8 Å². The lowest BCUT2D eigenvalue weighted by Gasteiger charge is -2.45. The number of likely N-dealkylation sites (tertiary alicyclic amines) is 1. The van der Waals surface area contributed by atoms with Crippen LogP contribution < -0.4 is 0 Å². The van der Waals surface area contributed by atoms with Crippen molar-refractivity contribution in [2.45, 2.75) is 122 Å². The highest BCUT2D eigenvalue weighted by molar-refractivity contribution is 5.98. The third-order valence-corrected chi connectivity index (χ3v) is 9.31. The van der Waals surface area contributed by atoms with Gasteiger partial charge in [0, 0.05) is 25.2 Å². The molecular weight excluding hydrogens is 520 g/mol. The fourth-order valence-electron chi connectivity index (χ4n) is 7.98. The molecule has 3 aliphatic heterocycles. The zero-order valence-electron chi connectivity index (χ0n) is 26.4. The number of ether oxygens (including phenoxy) is 2. The molecule has 3 heterocycles. The molecular formula is C33H54N2O6. The second-order valence-corrected chi connectivity index (χ2v) is 14.0. The number of carbonyl (C=O) groups is 3. The van der Waals surface area contributed by atoms with Crippen LogP contribution in [0.4, 0.5) is 0 Å². The summed E-state index contributed by atoms with van der Waals surface area (Å²) in [6, 6.07) is -0.823. The highest BCUT2D eigenvalue weighted by atomic mass is 16.6. The summed E-state index contributed by atoms with van der Waals surface area (Å²) in [6.07, 6.45) is 9.55. The number of unbranched alkanes of at least 4 members (excludes halogenated alkanes) is 3. The number of esters is 1. The van der Waals surface area contributed by atoms with E-state index in [1.807, 2.05) is 11.8 Å². The Balaban J connectivity index is 2.06.